The van der Waals surface area contributed by atoms with Gasteiger partial charge in [-0.2, -0.15) is 0 Å². The Morgan fingerprint density at radius 2 is 1.56 bits per heavy atom. The SMILES string of the molecule is Cc1c2ccccc2cc2c(N)cccc12. The van der Waals surface area contributed by atoms with E-state index in [9.17, 15) is 0 Å². The van der Waals surface area contributed by atoms with Gasteiger partial charge in [-0.15, -0.1) is 0 Å². The normalized spacial score (nSPS) is 11.1. The summed E-state index contributed by atoms with van der Waals surface area (Å²) >= 11 is 0. The Morgan fingerprint density at radius 3 is 2.44 bits per heavy atom. The highest BCUT2D eigenvalue weighted by Gasteiger charge is 2.04. The number of anilines is 1. The van der Waals surface area contributed by atoms with Crippen LogP contribution in [-0.4, -0.2) is 0 Å². The van der Waals surface area contributed by atoms with Crippen molar-refractivity contribution in [1.29, 1.82) is 0 Å². The van der Waals surface area contributed by atoms with Gasteiger partial charge in [0.1, 0.15) is 0 Å². The Bertz CT molecular complexity index is 683. The lowest BCUT2D eigenvalue weighted by Crippen LogP contribution is -1.89. The van der Waals surface area contributed by atoms with Crippen LogP contribution in [-0.2, 0) is 0 Å². The smallest absolute Gasteiger partial charge is 0.0394 e. The minimum atomic E-state index is 0.853. The molecule has 3 rings (SSSR count). The average Bonchev–Trinajstić information content (AvgIpc) is 2.31. The number of benzene rings is 3. The second kappa shape index (κ2) is 3.24. The lowest BCUT2D eigenvalue weighted by Gasteiger charge is -2.09. The molecule has 0 atom stereocenters. The van der Waals surface area contributed by atoms with Crippen LogP contribution < -0.4 is 5.73 Å². The van der Waals surface area contributed by atoms with Crippen LogP contribution in [0.2, 0.25) is 0 Å². The zero-order valence-electron chi connectivity index (χ0n) is 9.20. The third kappa shape index (κ3) is 1.18. The van der Waals surface area contributed by atoms with Crippen molar-refractivity contribution in [2.24, 2.45) is 0 Å². The summed E-state index contributed by atoms with van der Waals surface area (Å²) in [5.41, 5.74) is 8.18. The number of nitrogens with two attached hydrogens (primary N) is 1. The van der Waals surface area contributed by atoms with Crippen molar-refractivity contribution >= 4 is 27.2 Å². The molecule has 0 fully saturated rings. The van der Waals surface area contributed by atoms with E-state index in [0.717, 1.165) is 11.1 Å². The van der Waals surface area contributed by atoms with Crippen molar-refractivity contribution in [3.05, 3.63) is 54.1 Å². The van der Waals surface area contributed by atoms with Gasteiger partial charge in [0.05, 0.1) is 0 Å². The van der Waals surface area contributed by atoms with Crippen LogP contribution in [0.3, 0.4) is 0 Å². The molecule has 0 amide bonds. The van der Waals surface area contributed by atoms with Gasteiger partial charge >= 0.3 is 0 Å². The van der Waals surface area contributed by atoms with Crippen LogP contribution in [0.5, 0.6) is 0 Å². The molecule has 0 aliphatic heterocycles. The van der Waals surface area contributed by atoms with Crippen molar-refractivity contribution in [3.8, 4) is 0 Å². The number of hydrogen-bond donors (Lipinski definition) is 1. The summed E-state index contributed by atoms with van der Waals surface area (Å²) in [7, 11) is 0. The number of nitrogen functional groups attached to an aromatic ring is 1. The zero-order chi connectivity index (χ0) is 11.1. The van der Waals surface area contributed by atoms with E-state index in [1.807, 2.05) is 12.1 Å². The lowest BCUT2D eigenvalue weighted by atomic mass is 9.97. The maximum Gasteiger partial charge on any atom is 0.0394 e. The molecule has 78 valence electrons. The minimum absolute atomic E-state index is 0.853. The fourth-order valence-corrected chi connectivity index (χ4v) is 2.34. The number of rotatable bonds is 0. The second-order valence-corrected chi connectivity index (χ2v) is 4.17. The number of hydrogen-bond acceptors (Lipinski definition) is 1. The molecule has 0 radical (unpaired) electrons. The predicted molar refractivity (Wildman–Crippen MR) is 70.6 cm³/mol. The Balaban J connectivity index is 2.61. The molecule has 3 aromatic rings. The first-order valence-corrected chi connectivity index (χ1v) is 5.44. The largest absolute Gasteiger partial charge is 0.398 e. The first-order chi connectivity index (χ1) is 7.77. The molecule has 3 aromatic carbocycles. The first-order valence-electron chi connectivity index (χ1n) is 5.44. The quantitative estimate of drug-likeness (QED) is 0.439. The van der Waals surface area contributed by atoms with Gasteiger partial charge < -0.3 is 5.73 Å². The Labute approximate surface area is 94.5 Å². The molecule has 0 unspecified atom stereocenters. The van der Waals surface area contributed by atoms with Crippen LogP contribution in [0.4, 0.5) is 5.69 Å². The number of fused-ring (bicyclic) bond motifs is 2. The maximum absolute atomic E-state index is 6.02. The fourth-order valence-electron chi connectivity index (χ4n) is 2.34. The molecule has 0 spiro atoms. The van der Waals surface area contributed by atoms with Crippen LogP contribution >= 0.6 is 0 Å². The molecule has 0 heterocycles. The van der Waals surface area contributed by atoms with Crippen LogP contribution in [0.25, 0.3) is 21.5 Å². The van der Waals surface area contributed by atoms with Crippen molar-refractivity contribution < 1.29 is 0 Å². The molecule has 0 aromatic heterocycles. The molecule has 1 nitrogen and oxygen atoms in total. The summed E-state index contributed by atoms with van der Waals surface area (Å²) in [6.07, 6.45) is 0. The van der Waals surface area contributed by atoms with E-state index in [1.165, 1.54) is 21.7 Å². The van der Waals surface area contributed by atoms with E-state index >= 15 is 0 Å². The van der Waals surface area contributed by atoms with E-state index < -0.39 is 0 Å². The van der Waals surface area contributed by atoms with Crippen LogP contribution in [0.1, 0.15) is 5.56 Å². The molecule has 1 heteroatoms. The Hall–Kier alpha value is -2.02. The maximum atomic E-state index is 6.02. The first kappa shape index (κ1) is 9.22. The van der Waals surface area contributed by atoms with E-state index in [1.54, 1.807) is 0 Å². The van der Waals surface area contributed by atoms with E-state index in [-0.39, 0.29) is 0 Å². The monoisotopic (exact) mass is 207 g/mol. The topological polar surface area (TPSA) is 26.0 Å². The van der Waals surface area contributed by atoms with Gasteiger partial charge in [0.25, 0.3) is 0 Å². The van der Waals surface area contributed by atoms with Crippen molar-refractivity contribution in [2.75, 3.05) is 5.73 Å². The molecule has 0 bridgehead atoms. The highest BCUT2D eigenvalue weighted by Crippen LogP contribution is 2.30. The summed E-state index contributed by atoms with van der Waals surface area (Å²) in [6, 6.07) is 16.7. The van der Waals surface area contributed by atoms with Gasteiger partial charge in [-0.1, -0.05) is 36.4 Å². The highest BCUT2D eigenvalue weighted by molar-refractivity contribution is 6.06. The minimum Gasteiger partial charge on any atom is -0.398 e. The van der Waals surface area contributed by atoms with Crippen molar-refractivity contribution in [1.82, 2.24) is 0 Å². The standard InChI is InChI=1S/C15H13N/c1-10-12-6-3-2-5-11(12)9-14-13(10)7-4-8-15(14)16/h2-9H,16H2,1H3. The van der Waals surface area contributed by atoms with E-state index in [4.69, 9.17) is 5.73 Å². The molecular weight excluding hydrogens is 194 g/mol. The summed E-state index contributed by atoms with van der Waals surface area (Å²) in [5, 5.41) is 4.96. The number of aryl methyl sites for hydroxylation is 1. The molecule has 0 aliphatic carbocycles. The summed E-state index contributed by atoms with van der Waals surface area (Å²) < 4.78 is 0. The second-order valence-electron chi connectivity index (χ2n) is 4.17. The van der Waals surface area contributed by atoms with Crippen LogP contribution in [0.15, 0.2) is 48.5 Å². The highest BCUT2D eigenvalue weighted by atomic mass is 14.5. The van der Waals surface area contributed by atoms with Gasteiger partial charge in [-0.05, 0) is 40.8 Å². The molecule has 16 heavy (non-hydrogen) atoms. The van der Waals surface area contributed by atoms with Gasteiger partial charge in [-0.3, -0.25) is 0 Å². The third-order valence-corrected chi connectivity index (χ3v) is 3.21. The van der Waals surface area contributed by atoms with Gasteiger partial charge in [-0.25, -0.2) is 0 Å². The predicted octanol–water partition coefficient (Wildman–Crippen LogP) is 3.88. The van der Waals surface area contributed by atoms with Crippen molar-refractivity contribution in [3.63, 3.8) is 0 Å². The van der Waals surface area contributed by atoms with E-state index in [2.05, 4.69) is 43.3 Å². The van der Waals surface area contributed by atoms with E-state index in [0.29, 0.717) is 0 Å². The molecular formula is C15H13N. The van der Waals surface area contributed by atoms with Gasteiger partial charge in [0, 0.05) is 11.1 Å². The van der Waals surface area contributed by atoms with Gasteiger partial charge in [0.2, 0.25) is 0 Å². The molecule has 0 saturated carbocycles. The zero-order valence-corrected chi connectivity index (χ0v) is 9.20. The van der Waals surface area contributed by atoms with Gasteiger partial charge in [0.15, 0.2) is 0 Å². The summed E-state index contributed by atoms with van der Waals surface area (Å²) in [4.78, 5) is 0. The lowest BCUT2D eigenvalue weighted by molar-refractivity contribution is 1.58. The fraction of sp³-hybridized carbons (Fsp3) is 0.0667. The Kier molecular flexibility index (Phi) is 1.87. The third-order valence-electron chi connectivity index (χ3n) is 3.21. The summed E-state index contributed by atoms with van der Waals surface area (Å²) in [6.45, 7) is 2.16. The summed E-state index contributed by atoms with van der Waals surface area (Å²) in [5.74, 6) is 0. The van der Waals surface area contributed by atoms with Crippen molar-refractivity contribution in [2.45, 2.75) is 6.92 Å². The molecule has 2 N–H and O–H groups in total. The molecule has 0 saturated heterocycles. The molecule has 0 aliphatic rings. The average molecular weight is 207 g/mol. The van der Waals surface area contributed by atoms with Crippen LogP contribution in [0, 0.1) is 6.92 Å². The Morgan fingerprint density at radius 1 is 0.812 bits per heavy atom.